The molecule has 0 heterocycles. The van der Waals surface area contributed by atoms with E-state index in [1.807, 2.05) is 18.6 Å². The second-order valence-electron chi connectivity index (χ2n) is 7.11. The Labute approximate surface area is 149 Å². The van der Waals surface area contributed by atoms with E-state index in [0.717, 1.165) is 0 Å². The van der Waals surface area contributed by atoms with Gasteiger partial charge in [-0.2, -0.15) is 0 Å². The molecule has 2 N–H and O–H groups in total. The molecule has 2 amide bonds. The molecule has 7 nitrogen and oxygen atoms in total. The van der Waals surface area contributed by atoms with Crippen molar-refractivity contribution >= 4 is 22.0 Å². The number of nitrogens with one attached hydrogen (secondary N) is 2. The van der Waals surface area contributed by atoms with Gasteiger partial charge in [0, 0.05) is 0 Å². The minimum Gasteiger partial charge on any atom is -0.444 e. The summed E-state index contributed by atoms with van der Waals surface area (Å²) in [5.41, 5.74) is -0.723. The first-order valence-electron chi connectivity index (χ1n) is 8.02. The number of sulfonamides is 1. The lowest BCUT2D eigenvalue weighted by Crippen LogP contribution is -2.50. The molecular weight excluding hydrogens is 344 g/mol. The molecule has 0 radical (unpaired) electrons. The fourth-order valence-electron chi connectivity index (χ4n) is 2.01. The molecule has 0 saturated carbocycles. The number of hydrogen-bond acceptors (Lipinski definition) is 5. The first-order valence-corrected chi connectivity index (χ1v) is 9.50. The molecule has 8 heteroatoms. The lowest BCUT2D eigenvalue weighted by atomic mass is 10.0. The molecule has 1 aromatic rings. The van der Waals surface area contributed by atoms with E-state index in [4.69, 9.17) is 4.74 Å². The standard InChI is InChI=1S/C17H26N2O5S/c1-12(2)11-14(18-16(21)24-17(3,4)5)15(20)19-25(22,23)13-9-7-6-8-10-13/h6-10,12,14H,11H2,1-5H3,(H,18,21)(H,19,20)/t14-/m0/s1. The molecule has 0 aliphatic rings. The van der Waals surface area contributed by atoms with Crippen LogP contribution in [0.2, 0.25) is 0 Å². The van der Waals surface area contributed by atoms with Crippen LogP contribution in [0.3, 0.4) is 0 Å². The molecule has 0 fully saturated rings. The van der Waals surface area contributed by atoms with Crippen molar-refractivity contribution in [2.45, 2.75) is 57.6 Å². The topological polar surface area (TPSA) is 102 Å². The van der Waals surface area contributed by atoms with Crippen molar-refractivity contribution in [3.63, 3.8) is 0 Å². The zero-order valence-corrected chi connectivity index (χ0v) is 16.0. The summed E-state index contributed by atoms with van der Waals surface area (Å²) >= 11 is 0. The molecule has 0 unspecified atom stereocenters. The Bertz CT molecular complexity index is 693. The van der Waals surface area contributed by atoms with Gasteiger partial charge in [-0.3, -0.25) is 4.79 Å². The Morgan fingerprint density at radius 2 is 1.68 bits per heavy atom. The number of rotatable bonds is 6. The highest BCUT2D eigenvalue weighted by atomic mass is 32.2. The zero-order valence-electron chi connectivity index (χ0n) is 15.2. The summed E-state index contributed by atoms with van der Waals surface area (Å²) < 4.78 is 31.7. The fraction of sp³-hybridized carbons (Fsp3) is 0.529. The SMILES string of the molecule is CC(C)C[C@H](NC(=O)OC(C)(C)C)C(=O)NS(=O)(=O)c1ccccc1. The molecule has 1 rings (SSSR count). The highest BCUT2D eigenvalue weighted by molar-refractivity contribution is 7.90. The predicted molar refractivity (Wildman–Crippen MR) is 94.4 cm³/mol. The summed E-state index contributed by atoms with van der Waals surface area (Å²) in [5.74, 6) is -0.742. The fourth-order valence-corrected chi connectivity index (χ4v) is 3.06. The normalized spacial score (nSPS) is 13.2. The second-order valence-corrected chi connectivity index (χ2v) is 8.79. The van der Waals surface area contributed by atoms with E-state index in [2.05, 4.69) is 5.32 Å². The van der Waals surface area contributed by atoms with Crippen LogP contribution in [0.15, 0.2) is 35.2 Å². The molecule has 0 aliphatic heterocycles. The monoisotopic (exact) mass is 370 g/mol. The van der Waals surface area contributed by atoms with E-state index in [1.165, 1.54) is 12.1 Å². The summed E-state index contributed by atoms with van der Waals surface area (Å²) in [5, 5.41) is 2.44. The molecule has 0 saturated heterocycles. The maximum absolute atomic E-state index is 12.4. The van der Waals surface area contributed by atoms with Gasteiger partial charge in [0.2, 0.25) is 0 Å². The quantitative estimate of drug-likeness (QED) is 0.801. The summed E-state index contributed by atoms with van der Waals surface area (Å²) in [6.45, 7) is 8.82. The summed E-state index contributed by atoms with van der Waals surface area (Å²) in [6.07, 6.45) is -0.500. The Kier molecular flexibility index (Phi) is 6.98. The van der Waals surface area contributed by atoms with E-state index < -0.39 is 33.7 Å². The first-order chi connectivity index (χ1) is 11.4. The highest BCUT2D eigenvalue weighted by Gasteiger charge is 2.28. The number of ether oxygens (including phenoxy) is 1. The molecule has 0 bridgehead atoms. The summed E-state index contributed by atoms with van der Waals surface area (Å²) in [6, 6.07) is 6.54. The zero-order chi connectivity index (χ0) is 19.3. The van der Waals surface area contributed by atoms with E-state index in [-0.39, 0.29) is 17.2 Å². The average molecular weight is 370 g/mol. The summed E-state index contributed by atoms with van der Waals surface area (Å²) in [4.78, 5) is 24.3. The Morgan fingerprint density at radius 3 is 2.16 bits per heavy atom. The molecular formula is C17H26N2O5S. The predicted octanol–water partition coefficient (Wildman–Crippen LogP) is 2.43. The minimum absolute atomic E-state index is 0.0242. The van der Waals surface area contributed by atoms with E-state index in [0.29, 0.717) is 0 Å². The highest BCUT2D eigenvalue weighted by Crippen LogP contribution is 2.12. The van der Waals surface area contributed by atoms with Gasteiger partial charge >= 0.3 is 6.09 Å². The van der Waals surface area contributed by atoms with Crippen LogP contribution in [-0.2, 0) is 19.6 Å². The van der Waals surface area contributed by atoms with Crippen molar-refractivity contribution in [1.82, 2.24) is 10.0 Å². The third-order valence-corrected chi connectivity index (χ3v) is 4.37. The third kappa shape index (κ3) is 7.55. The van der Waals surface area contributed by atoms with Crippen molar-refractivity contribution in [1.29, 1.82) is 0 Å². The van der Waals surface area contributed by atoms with Crippen molar-refractivity contribution in [3.8, 4) is 0 Å². The van der Waals surface area contributed by atoms with Crippen LogP contribution in [0.5, 0.6) is 0 Å². The van der Waals surface area contributed by atoms with Gasteiger partial charge < -0.3 is 10.1 Å². The largest absolute Gasteiger partial charge is 0.444 e. The van der Waals surface area contributed by atoms with Crippen LogP contribution in [0.4, 0.5) is 4.79 Å². The van der Waals surface area contributed by atoms with Crippen LogP contribution in [0, 0.1) is 5.92 Å². The Morgan fingerprint density at radius 1 is 1.12 bits per heavy atom. The maximum atomic E-state index is 12.4. The van der Waals surface area contributed by atoms with Crippen molar-refractivity contribution in [2.24, 2.45) is 5.92 Å². The smallest absolute Gasteiger partial charge is 0.408 e. The van der Waals surface area contributed by atoms with Gasteiger partial charge in [0.1, 0.15) is 11.6 Å². The number of benzene rings is 1. The third-order valence-electron chi connectivity index (χ3n) is 3.00. The van der Waals surface area contributed by atoms with Crippen LogP contribution >= 0.6 is 0 Å². The first kappa shape index (κ1) is 21.0. The Balaban J connectivity index is 2.88. The average Bonchev–Trinajstić information content (AvgIpc) is 2.44. The minimum atomic E-state index is -4.00. The van der Waals surface area contributed by atoms with Crippen LogP contribution in [0.1, 0.15) is 41.0 Å². The summed E-state index contributed by atoms with van der Waals surface area (Å²) in [7, 11) is -4.00. The van der Waals surface area contributed by atoms with Crippen LogP contribution in [-0.4, -0.2) is 32.1 Å². The second kappa shape index (κ2) is 8.33. The van der Waals surface area contributed by atoms with Crippen molar-refractivity contribution in [2.75, 3.05) is 0 Å². The van der Waals surface area contributed by atoms with Gasteiger partial charge in [0.25, 0.3) is 15.9 Å². The number of amides is 2. The number of carbonyl (C=O) groups is 2. The lowest BCUT2D eigenvalue weighted by Gasteiger charge is -2.24. The molecule has 0 spiro atoms. The van der Waals surface area contributed by atoms with Gasteiger partial charge in [-0.05, 0) is 45.2 Å². The molecule has 25 heavy (non-hydrogen) atoms. The number of carbonyl (C=O) groups excluding carboxylic acids is 2. The lowest BCUT2D eigenvalue weighted by molar-refractivity contribution is -0.121. The molecule has 1 aromatic carbocycles. The van der Waals surface area contributed by atoms with E-state index in [9.17, 15) is 18.0 Å². The molecule has 1 atom stereocenters. The number of hydrogen-bond donors (Lipinski definition) is 2. The molecule has 0 aromatic heterocycles. The molecule has 0 aliphatic carbocycles. The van der Waals surface area contributed by atoms with Crippen molar-refractivity contribution < 1.29 is 22.7 Å². The Hall–Kier alpha value is -2.09. The number of alkyl carbamates (subject to hydrolysis) is 1. The van der Waals surface area contributed by atoms with Crippen LogP contribution in [0.25, 0.3) is 0 Å². The van der Waals surface area contributed by atoms with Crippen molar-refractivity contribution in [3.05, 3.63) is 30.3 Å². The van der Waals surface area contributed by atoms with E-state index >= 15 is 0 Å². The van der Waals surface area contributed by atoms with Gasteiger partial charge in [-0.15, -0.1) is 0 Å². The molecule has 140 valence electrons. The van der Waals surface area contributed by atoms with Gasteiger partial charge in [-0.25, -0.2) is 17.9 Å². The van der Waals surface area contributed by atoms with Gasteiger partial charge in [0.05, 0.1) is 4.90 Å². The van der Waals surface area contributed by atoms with E-state index in [1.54, 1.807) is 39.0 Å². The van der Waals surface area contributed by atoms with Crippen LogP contribution < -0.4 is 10.0 Å². The maximum Gasteiger partial charge on any atom is 0.408 e. The van der Waals surface area contributed by atoms with Gasteiger partial charge in [-0.1, -0.05) is 32.0 Å². The van der Waals surface area contributed by atoms with Gasteiger partial charge in [0.15, 0.2) is 0 Å².